The topological polar surface area (TPSA) is 12.9 Å². The van der Waals surface area contributed by atoms with Gasteiger partial charge in [-0.3, -0.25) is 4.98 Å². The molecule has 0 amide bonds. The first-order valence-corrected chi connectivity index (χ1v) is 9.38. The smallest absolute Gasteiger partial charge is 0.0749 e. The average molecular weight is 329 g/mol. The van der Waals surface area contributed by atoms with Gasteiger partial charge in [0.2, 0.25) is 0 Å². The monoisotopic (exact) mass is 329 g/mol. The van der Waals surface area contributed by atoms with Crippen molar-refractivity contribution in [2.24, 2.45) is 5.92 Å². The summed E-state index contributed by atoms with van der Waals surface area (Å²) in [6.45, 7) is 11.5. The summed E-state index contributed by atoms with van der Waals surface area (Å²) in [4.78, 5) is 4.90. The summed E-state index contributed by atoms with van der Waals surface area (Å²) in [6, 6.07) is 8.88. The van der Waals surface area contributed by atoms with Crippen LogP contribution in [0.2, 0.25) is 0 Å². The highest BCUT2D eigenvalue weighted by molar-refractivity contribution is 6.00. The molecule has 1 heterocycles. The molecule has 0 N–H and O–H groups in total. The minimum Gasteiger partial charge on any atom is -0.256 e. The standard InChI is InChI=1S/C24H27N/c1-6-7-9-18-14-15(2)16(3)22-21(18)23-20-17(12-13-25-23)10-8-11-19(20)24(22,4)5/h6-8,10-13,18H,9,14H2,1-5H3. The lowest BCUT2D eigenvalue weighted by molar-refractivity contribution is 0.581. The fourth-order valence-electron chi connectivity index (χ4n) is 4.95. The predicted octanol–water partition coefficient (Wildman–Crippen LogP) is 6.60. The maximum absolute atomic E-state index is 4.90. The van der Waals surface area contributed by atoms with Gasteiger partial charge in [0, 0.05) is 17.0 Å². The second-order valence-corrected chi connectivity index (χ2v) is 8.09. The van der Waals surface area contributed by atoms with Crippen molar-refractivity contribution in [3.05, 3.63) is 70.6 Å². The molecule has 0 saturated carbocycles. The molecule has 0 fully saturated rings. The molecule has 1 nitrogen and oxygen atoms in total. The van der Waals surface area contributed by atoms with Crippen LogP contribution >= 0.6 is 0 Å². The molecule has 1 aromatic heterocycles. The molecule has 1 heteroatoms. The lowest BCUT2D eigenvalue weighted by atomic mass is 9.61. The van der Waals surface area contributed by atoms with Gasteiger partial charge in [-0.05, 0) is 73.3 Å². The summed E-state index contributed by atoms with van der Waals surface area (Å²) in [5, 5.41) is 2.68. The highest BCUT2D eigenvalue weighted by Gasteiger charge is 2.41. The highest BCUT2D eigenvalue weighted by atomic mass is 14.7. The van der Waals surface area contributed by atoms with Crippen LogP contribution in [-0.2, 0) is 5.41 Å². The molecule has 2 aliphatic rings. The Bertz CT molecular complexity index is 948. The minimum atomic E-state index is 0.0187. The van der Waals surface area contributed by atoms with Gasteiger partial charge in [-0.15, -0.1) is 0 Å². The zero-order valence-corrected chi connectivity index (χ0v) is 16.0. The lowest BCUT2D eigenvalue weighted by Crippen LogP contribution is -2.31. The van der Waals surface area contributed by atoms with Crippen molar-refractivity contribution in [3.8, 4) is 0 Å². The third kappa shape index (κ3) is 2.25. The molecule has 2 aromatic rings. The molecule has 25 heavy (non-hydrogen) atoms. The zero-order chi connectivity index (χ0) is 17.8. The Morgan fingerprint density at radius 3 is 2.76 bits per heavy atom. The van der Waals surface area contributed by atoms with Crippen molar-refractivity contribution >= 4 is 16.3 Å². The molecule has 128 valence electrons. The van der Waals surface area contributed by atoms with Crippen LogP contribution in [0.4, 0.5) is 0 Å². The molecule has 4 rings (SSSR count). The summed E-state index contributed by atoms with van der Waals surface area (Å²) >= 11 is 0. The van der Waals surface area contributed by atoms with E-state index in [0.29, 0.717) is 5.92 Å². The number of allylic oxidation sites excluding steroid dienone is 6. The molecule has 1 aromatic carbocycles. The third-order valence-corrected chi connectivity index (χ3v) is 6.25. The lowest BCUT2D eigenvalue weighted by Gasteiger charge is -2.42. The summed E-state index contributed by atoms with van der Waals surface area (Å²) in [5.41, 5.74) is 8.69. The zero-order valence-electron chi connectivity index (χ0n) is 16.0. The van der Waals surface area contributed by atoms with Gasteiger partial charge in [0.25, 0.3) is 0 Å². The van der Waals surface area contributed by atoms with Crippen LogP contribution in [0.25, 0.3) is 16.3 Å². The van der Waals surface area contributed by atoms with E-state index in [1.165, 1.54) is 44.3 Å². The number of fused-ring (bicyclic) bond motifs is 1. The summed E-state index contributed by atoms with van der Waals surface area (Å²) in [7, 11) is 0. The molecule has 1 atom stereocenters. The van der Waals surface area contributed by atoms with E-state index in [1.54, 1.807) is 0 Å². The Balaban J connectivity index is 2.10. The quantitative estimate of drug-likeness (QED) is 0.565. The van der Waals surface area contributed by atoms with Gasteiger partial charge < -0.3 is 0 Å². The molecular weight excluding hydrogens is 302 g/mol. The largest absolute Gasteiger partial charge is 0.256 e. The summed E-state index contributed by atoms with van der Waals surface area (Å²) < 4.78 is 0. The SMILES string of the molecule is CC=CCC1CC(C)=C(C)C2=C1c1nccc3cccc(c13)C2(C)C. The van der Waals surface area contributed by atoms with Gasteiger partial charge in [-0.25, -0.2) is 0 Å². The summed E-state index contributed by atoms with van der Waals surface area (Å²) in [6.07, 6.45) is 8.72. The maximum atomic E-state index is 4.90. The van der Waals surface area contributed by atoms with Gasteiger partial charge in [0.1, 0.15) is 0 Å². The van der Waals surface area contributed by atoms with E-state index >= 15 is 0 Å². The molecule has 1 unspecified atom stereocenters. The van der Waals surface area contributed by atoms with E-state index < -0.39 is 0 Å². The second-order valence-electron chi connectivity index (χ2n) is 8.09. The molecule has 0 radical (unpaired) electrons. The van der Waals surface area contributed by atoms with Crippen molar-refractivity contribution in [2.45, 2.75) is 52.9 Å². The van der Waals surface area contributed by atoms with E-state index in [2.05, 4.69) is 71.0 Å². The number of pyridine rings is 1. The number of rotatable bonds is 2. The van der Waals surface area contributed by atoms with Gasteiger partial charge in [-0.1, -0.05) is 49.8 Å². The first kappa shape index (κ1) is 16.3. The number of hydrogen-bond acceptors (Lipinski definition) is 1. The fraction of sp³-hybridized carbons (Fsp3) is 0.375. The van der Waals surface area contributed by atoms with Gasteiger partial charge in [-0.2, -0.15) is 0 Å². The van der Waals surface area contributed by atoms with Crippen molar-refractivity contribution in [3.63, 3.8) is 0 Å². The van der Waals surface area contributed by atoms with Crippen LogP contribution in [-0.4, -0.2) is 4.98 Å². The average Bonchev–Trinajstić information content (AvgIpc) is 2.60. The van der Waals surface area contributed by atoms with Crippen LogP contribution in [0.1, 0.15) is 58.7 Å². The van der Waals surface area contributed by atoms with Crippen molar-refractivity contribution in [2.75, 3.05) is 0 Å². The predicted molar refractivity (Wildman–Crippen MR) is 108 cm³/mol. The number of nitrogens with zero attached hydrogens (tertiary/aromatic N) is 1. The van der Waals surface area contributed by atoms with Gasteiger partial charge in [0.15, 0.2) is 0 Å². The number of benzene rings is 1. The molecule has 0 spiro atoms. The molecule has 0 aliphatic heterocycles. The second kappa shape index (κ2) is 5.69. The van der Waals surface area contributed by atoms with E-state index in [-0.39, 0.29) is 5.41 Å². The van der Waals surface area contributed by atoms with E-state index in [9.17, 15) is 0 Å². The molecule has 0 saturated heterocycles. The molecule has 0 bridgehead atoms. The van der Waals surface area contributed by atoms with Crippen molar-refractivity contribution in [1.82, 2.24) is 4.98 Å². The molecular formula is C24H27N. The van der Waals surface area contributed by atoms with Crippen LogP contribution in [0, 0.1) is 5.92 Å². The fourth-order valence-corrected chi connectivity index (χ4v) is 4.95. The van der Waals surface area contributed by atoms with Gasteiger partial charge >= 0.3 is 0 Å². The highest BCUT2D eigenvalue weighted by Crippen LogP contribution is 2.54. The third-order valence-electron chi connectivity index (χ3n) is 6.25. The van der Waals surface area contributed by atoms with E-state index in [1.807, 2.05) is 6.20 Å². The van der Waals surface area contributed by atoms with Crippen LogP contribution in [0.15, 0.2) is 59.3 Å². The van der Waals surface area contributed by atoms with Gasteiger partial charge in [0.05, 0.1) is 5.69 Å². The van der Waals surface area contributed by atoms with Crippen molar-refractivity contribution in [1.29, 1.82) is 0 Å². The Kier molecular flexibility index (Phi) is 3.72. The number of hydrogen-bond donors (Lipinski definition) is 0. The first-order chi connectivity index (χ1) is 12.0. The first-order valence-electron chi connectivity index (χ1n) is 9.38. The molecule has 2 aliphatic carbocycles. The Morgan fingerprint density at radius 2 is 2.00 bits per heavy atom. The van der Waals surface area contributed by atoms with E-state index in [4.69, 9.17) is 4.98 Å². The number of aromatic nitrogens is 1. The normalized spacial score (nSPS) is 22.0. The Morgan fingerprint density at radius 1 is 1.20 bits per heavy atom. The maximum Gasteiger partial charge on any atom is 0.0749 e. The van der Waals surface area contributed by atoms with Crippen molar-refractivity contribution < 1.29 is 0 Å². The van der Waals surface area contributed by atoms with Crippen LogP contribution < -0.4 is 0 Å². The van der Waals surface area contributed by atoms with Crippen LogP contribution in [0.5, 0.6) is 0 Å². The Hall–Kier alpha value is -2.15. The van der Waals surface area contributed by atoms with Crippen LogP contribution in [0.3, 0.4) is 0 Å². The minimum absolute atomic E-state index is 0.0187. The summed E-state index contributed by atoms with van der Waals surface area (Å²) in [5.74, 6) is 0.528. The van der Waals surface area contributed by atoms with E-state index in [0.717, 1.165) is 12.8 Å². The Labute approximate surface area is 151 Å².